The molecule has 3 aromatic carbocycles. The average Bonchev–Trinajstić information content (AvgIpc) is 2.86. The number of para-hydroxylation sites is 2. The van der Waals surface area contributed by atoms with Gasteiger partial charge in [0.25, 0.3) is 0 Å². The Morgan fingerprint density at radius 2 is 1.64 bits per heavy atom. The Kier molecular flexibility index (Phi) is 7.30. The van der Waals surface area contributed by atoms with Gasteiger partial charge in [-0.1, -0.05) is 42.0 Å². The Morgan fingerprint density at radius 3 is 2.33 bits per heavy atom. The van der Waals surface area contributed by atoms with Crippen LogP contribution in [0.5, 0.6) is 5.75 Å². The van der Waals surface area contributed by atoms with E-state index in [0.717, 1.165) is 22.5 Å². The highest BCUT2D eigenvalue weighted by molar-refractivity contribution is 5.86. The Labute approximate surface area is 207 Å². The monoisotopic (exact) mass is 484 g/mol. The van der Waals surface area contributed by atoms with Gasteiger partial charge in [0.15, 0.2) is 0 Å². The minimum Gasteiger partial charge on any atom is -0.490 e. The predicted molar refractivity (Wildman–Crippen MR) is 140 cm³/mol. The molecule has 11 heteroatoms. The van der Waals surface area contributed by atoms with Gasteiger partial charge in [-0.05, 0) is 43.7 Å². The van der Waals surface area contributed by atoms with E-state index in [9.17, 15) is 10.1 Å². The number of ether oxygens (including phenoxy) is 1. The van der Waals surface area contributed by atoms with Gasteiger partial charge < -0.3 is 15.4 Å². The summed E-state index contributed by atoms with van der Waals surface area (Å²) in [6.45, 7) is 4.02. The number of anilines is 5. The van der Waals surface area contributed by atoms with Crippen molar-refractivity contribution in [2.45, 2.75) is 13.8 Å². The molecule has 0 aliphatic carbocycles. The van der Waals surface area contributed by atoms with Crippen LogP contribution < -0.4 is 20.8 Å². The summed E-state index contributed by atoms with van der Waals surface area (Å²) in [5, 5.41) is 21.8. The Morgan fingerprint density at radius 1 is 0.917 bits per heavy atom. The van der Waals surface area contributed by atoms with Crippen LogP contribution in [0.4, 0.5) is 34.9 Å². The van der Waals surface area contributed by atoms with Gasteiger partial charge >= 0.3 is 5.69 Å². The molecule has 3 N–H and O–H groups in total. The van der Waals surface area contributed by atoms with Crippen LogP contribution in [0.15, 0.2) is 71.8 Å². The molecule has 0 saturated heterocycles. The Hall–Kier alpha value is -5.06. The zero-order chi connectivity index (χ0) is 25.5. The number of nitrogens with zero attached hydrogens (tertiary/aromatic N) is 5. The highest BCUT2D eigenvalue weighted by Crippen LogP contribution is 2.29. The number of nitrogens with one attached hydrogen (secondary N) is 3. The zero-order valence-electron chi connectivity index (χ0n) is 19.9. The van der Waals surface area contributed by atoms with Crippen LogP contribution in [-0.4, -0.2) is 33.2 Å². The summed E-state index contributed by atoms with van der Waals surface area (Å²) in [5.41, 5.74) is 6.88. The van der Waals surface area contributed by atoms with Crippen LogP contribution >= 0.6 is 0 Å². The van der Waals surface area contributed by atoms with Gasteiger partial charge in [-0.3, -0.25) is 10.1 Å². The van der Waals surface area contributed by atoms with Crippen LogP contribution in [0.2, 0.25) is 0 Å². The van der Waals surface area contributed by atoms with Gasteiger partial charge in [0.05, 0.1) is 18.2 Å². The first-order chi connectivity index (χ1) is 17.4. The lowest BCUT2D eigenvalue weighted by atomic mass is 10.1. The number of benzene rings is 3. The van der Waals surface area contributed by atoms with Crippen molar-refractivity contribution in [3.05, 3.63) is 93.5 Å². The Bertz CT molecular complexity index is 1410. The van der Waals surface area contributed by atoms with Crippen LogP contribution in [0.1, 0.15) is 16.7 Å². The first-order valence-electron chi connectivity index (χ1n) is 11.0. The molecule has 0 radical (unpaired) electrons. The van der Waals surface area contributed by atoms with E-state index in [4.69, 9.17) is 4.74 Å². The summed E-state index contributed by atoms with van der Waals surface area (Å²) in [7, 11) is 1.37. The van der Waals surface area contributed by atoms with E-state index in [0.29, 0.717) is 17.5 Å². The van der Waals surface area contributed by atoms with E-state index in [-0.39, 0.29) is 17.4 Å². The van der Waals surface area contributed by atoms with Crippen LogP contribution in [0.25, 0.3) is 0 Å². The molecule has 0 unspecified atom stereocenters. The third-order valence-electron chi connectivity index (χ3n) is 5.09. The molecule has 0 bridgehead atoms. The third-order valence-corrected chi connectivity index (χ3v) is 5.09. The summed E-state index contributed by atoms with van der Waals surface area (Å²) in [4.78, 5) is 24.0. The fourth-order valence-corrected chi connectivity index (χ4v) is 3.43. The van der Waals surface area contributed by atoms with Crippen LogP contribution in [0, 0.1) is 24.0 Å². The summed E-state index contributed by atoms with van der Waals surface area (Å²) in [5.74, 6) is 0.874. The molecule has 4 aromatic rings. The molecule has 4 rings (SSSR count). The van der Waals surface area contributed by atoms with E-state index < -0.39 is 4.92 Å². The summed E-state index contributed by atoms with van der Waals surface area (Å²) in [6.07, 6.45) is 1.40. The first kappa shape index (κ1) is 24.1. The molecular formula is C25H24N8O3. The fraction of sp³-hybridized carbons (Fsp3) is 0.120. The second-order valence-corrected chi connectivity index (χ2v) is 7.77. The number of methoxy groups -OCH3 is 1. The maximum absolute atomic E-state index is 11.3. The lowest BCUT2D eigenvalue weighted by Crippen LogP contribution is -2.08. The number of nitro benzene ring substituents is 1. The number of nitro groups is 1. The smallest absolute Gasteiger partial charge is 0.311 e. The summed E-state index contributed by atoms with van der Waals surface area (Å²) >= 11 is 0. The van der Waals surface area contributed by atoms with Gasteiger partial charge in [-0.15, -0.1) is 0 Å². The van der Waals surface area contributed by atoms with Crippen LogP contribution in [0.3, 0.4) is 0 Å². The van der Waals surface area contributed by atoms with Crippen LogP contribution in [-0.2, 0) is 0 Å². The van der Waals surface area contributed by atoms with Crippen molar-refractivity contribution in [1.82, 2.24) is 15.0 Å². The third kappa shape index (κ3) is 5.89. The van der Waals surface area contributed by atoms with Gasteiger partial charge in [0.1, 0.15) is 0 Å². The molecule has 0 saturated carbocycles. The highest BCUT2D eigenvalue weighted by Gasteiger charge is 2.17. The van der Waals surface area contributed by atoms with Crippen molar-refractivity contribution in [2.75, 3.05) is 23.2 Å². The minimum atomic E-state index is -0.512. The SMILES string of the molecule is COc1c(/C=N/Nc2nc(Nc3ccccc3)nc(Nc3ccc(C)cc3C)n2)cccc1[N+](=O)[O-]. The fourth-order valence-electron chi connectivity index (χ4n) is 3.43. The van der Waals surface area contributed by atoms with Gasteiger partial charge in [-0.2, -0.15) is 20.1 Å². The zero-order valence-corrected chi connectivity index (χ0v) is 19.9. The van der Waals surface area contributed by atoms with E-state index in [1.54, 1.807) is 12.1 Å². The van der Waals surface area contributed by atoms with Gasteiger partial charge in [-0.25, -0.2) is 5.43 Å². The molecule has 0 spiro atoms. The molecule has 0 aliphatic rings. The van der Waals surface area contributed by atoms with Crippen molar-refractivity contribution < 1.29 is 9.66 Å². The molecule has 1 aromatic heterocycles. The molecule has 0 aliphatic heterocycles. The maximum Gasteiger partial charge on any atom is 0.311 e. The number of hydrogen-bond donors (Lipinski definition) is 3. The lowest BCUT2D eigenvalue weighted by Gasteiger charge is -2.12. The van der Waals surface area contributed by atoms with E-state index in [1.165, 1.54) is 19.4 Å². The van der Waals surface area contributed by atoms with Crippen molar-refractivity contribution in [3.63, 3.8) is 0 Å². The van der Waals surface area contributed by atoms with Crippen molar-refractivity contribution >= 4 is 41.1 Å². The highest BCUT2D eigenvalue weighted by atomic mass is 16.6. The minimum absolute atomic E-state index is 0.104. The largest absolute Gasteiger partial charge is 0.490 e. The standard InChI is InChI=1S/C25H24N8O3/c1-16-12-13-20(17(2)14-16)28-24-29-23(27-19-9-5-4-6-10-19)30-25(31-24)32-26-15-18-8-7-11-21(33(34)35)22(18)36-3/h4-15H,1-3H3,(H3,27,28,29,30,31,32)/b26-15+. The van der Waals surface area contributed by atoms with Crippen molar-refractivity contribution in [2.24, 2.45) is 5.10 Å². The van der Waals surface area contributed by atoms with Gasteiger partial charge in [0, 0.05) is 23.0 Å². The number of rotatable bonds is 9. The molecule has 182 valence electrons. The lowest BCUT2D eigenvalue weighted by molar-refractivity contribution is -0.385. The number of aromatic nitrogens is 3. The second kappa shape index (κ2) is 10.9. The normalized spacial score (nSPS) is 10.8. The van der Waals surface area contributed by atoms with E-state index in [1.807, 2.05) is 56.3 Å². The van der Waals surface area contributed by atoms with Crippen molar-refractivity contribution in [1.29, 1.82) is 0 Å². The first-order valence-corrected chi connectivity index (χ1v) is 11.0. The topological polar surface area (TPSA) is 139 Å². The average molecular weight is 485 g/mol. The number of hydrogen-bond acceptors (Lipinski definition) is 10. The molecule has 0 fully saturated rings. The van der Waals surface area contributed by atoms with Crippen molar-refractivity contribution in [3.8, 4) is 5.75 Å². The molecule has 1 heterocycles. The number of aryl methyl sites for hydroxylation is 2. The quantitative estimate of drug-likeness (QED) is 0.163. The molecule has 36 heavy (non-hydrogen) atoms. The summed E-state index contributed by atoms with van der Waals surface area (Å²) < 4.78 is 5.21. The van der Waals surface area contributed by atoms with Gasteiger partial charge in [0.2, 0.25) is 23.6 Å². The number of hydrazone groups is 1. The molecule has 0 amide bonds. The predicted octanol–water partition coefficient (Wildman–Crippen LogP) is 5.34. The van der Waals surface area contributed by atoms with E-state index in [2.05, 4.69) is 42.2 Å². The second-order valence-electron chi connectivity index (χ2n) is 7.77. The molecule has 0 atom stereocenters. The summed E-state index contributed by atoms with van der Waals surface area (Å²) in [6, 6.07) is 20.1. The molecule has 11 nitrogen and oxygen atoms in total. The van der Waals surface area contributed by atoms with E-state index >= 15 is 0 Å². The Balaban J connectivity index is 1.63. The molecular weight excluding hydrogens is 460 g/mol. The maximum atomic E-state index is 11.3.